The summed E-state index contributed by atoms with van der Waals surface area (Å²) in [5.74, 6) is -1.18. The first-order valence-corrected chi connectivity index (χ1v) is 11.9. The Morgan fingerprint density at radius 2 is 1.45 bits per heavy atom. The molecular weight excluding hydrogens is 394 g/mol. The van der Waals surface area contributed by atoms with Crippen LogP contribution in [0.15, 0.2) is 36.4 Å². The standard InChI is InChI=1S/C27H34F2O2/c1-3-5-23-13-10-20(16-31-23)18-6-8-19(9-7-18)24-14-15-25(27(29)26(24)28)21-11-12-22(4-2)30-17-21/h6-9,14-15,20-23H,3-5,10-13,16-17H2,1-2H3. The van der Waals surface area contributed by atoms with E-state index in [0.717, 1.165) is 51.6 Å². The number of rotatable bonds is 6. The Morgan fingerprint density at radius 1 is 0.774 bits per heavy atom. The number of halogens is 2. The van der Waals surface area contributed by atoms with Gasteiger partial charge >= 0.3 is 0 Å². The zero-order valence-corrected chi connectivity index (χ0v) is 18.7. The first-order valence-electron chi connectivity index (χ1n) is 11.9. The van der Waals surface area contributed by atoms with E-state index in [-0.39, 0.29) is 12.0 Å². The van der Waals surface area contributed by atoms with Gasteiger partial charge < -0.3 is 9.47 Å². The third kappa shape index (κ3) is 5.01. The monoisotopic (exact) mass is 428 g/mol. The van der Waals surface area contributed by atoms with Gasteiger partial charge in [0.25, 0.3) is 0 Å². The summed E-state index contributed by atoms with van der Waals surface area (Å²) in [5.41, 5.74) is 2.67. The summed E-state index contributed by atoms with van der Waals surface area (Å²) < 4.78 is 41.7. The molecule has 168 valence electrons. The number of benzene rings is 2. The second kappa shape index (κ2) is 10.2. The van der Waals surface area contributed by atoms with Gasteiger partial charge in [0, 0.05) is 17.4 Å². The van der Waals surface area contributed by atoms with E-state index in [0.29, 0.717) is 35.3 Å². The Hall–Kier alpha value is -1.78. The molecule has 0 spiro atoms. The normalized spacial score (nSPS) is 26.7. The smallest absolute Gasteiger partial charge is 0.166 e. The molecule has 4 rings (SSSR count). The molecule has 2 aliphatic rings. The zero-order chi connectivity index (χ0) is 21.8. The van der Waals surface area contributed by atoms with Crippen LogP contribution in [0.2, 0.25) is 0 Å². The lowest BCUT2D eigenvalue weighted by atomic mass is 9.88. The lowest BCUT2D eigenvalue weighted by molar-refractivity contribution is -0.00111. The molecule has 2 nitrogen and oxygen atoms in total. The summed E-state index contributed by atoms with van der Waals surface area (Å²) in [7, 11) is 0. The Bertz CT molecular complexity index is 848. The van der Waals surface area contributed by atoms with Crippen LogP contribution in [0.3, 0.4) is 0 Å². The lowest BCUT2D eigenvalue weighted by Gasteiger charge is -2.29. The third-order valence-electron chi connectivity index (χ3n) is 7.05. The molecule has 0 amide bonds. The van der Waals surface area contributed by atoms with Gasteiger partial charge in [0.15, 0.2) is 11.6 Å². The molecule has 4 unspecified atom stereocenters. The number of hydrogen-bond donors (Lipinski definition) is 0. The average Bonchev–Trinajstić information content (AvgIpc) is 2.82. The van der Waals surface area contributed by atoms with Gasteiger partial charge in [-0.2, -0.15) is 0 Å². The predicted molar refractivity (Wildman–Crippen MR) is 120 cm³/mol. The van der Waals surface area contributed by atoms with Crippen molar-refractivity contribution in [2.45, 2.75) is 82.8 Å². The van der Waals surface area contributed by atoms with Crippen LogP contribution >= 0.6 is 0 Å². The van der Waals surface area contributed by atoms with Gasteiger partial charge in [0.05, 0.1) is 25.4 Å². The fourth-order valence-corrected chi connectivity index (χ4v) is 5.03. The van der Waals surface area contributed by atoms with Gasteiger partial charge in [-0.1, -0.05) is 56.7 Å². The molecule has 2 aromatic carbocycles. The molecule has 2 aromatic rings. The average molecular weight is 429 g/mol. The van der Waals surface area contributed by atoms with Crippen molar-refractivity contribution in [1.82, 2.24) is 0 Å². The fourth-order valence-electron chi connectivity index (χ4n) is 5.03. The summed E-state index contributed by atoms with van der Waals surface area (Å²) >= 11 is 0. The molecule has 4 atom stereocenters. The van der Waals surface area contributed by atoms with Gasteiger partial charge in [-0.15, -0.1) is 0 Å². The molecular formula is C27H34F2O2. The third-order valence-corrected chi connectivity index (χ3v) is 7.05. The van der Waals surface area contributed by atoms with E-state index in [1.807, 2.05) is 24.3 Å². The summed E-state index contributed by atoms with van der Waals surface area (Å²) in [6.45, 7) is 5.48. The fraction of sp³-hybridized carbons (Fsp3) is 0.556. The predicted octanol–water partition coefficient (Wildman–Crippen LogP) is 7.37. The second-order valence-corrected chi connectivity index (χ2v) is 9.11. The molecule has 4 heteroatoms. The molecule has 0 aliphatic carbocycles. The number of ether oxygens (including phenoxy) is 2. The number of hydrogen-bond acceptors (Lipinski definition) is 2. The summed E-state index contributed by atoms with van der Waals surface area (Å²) in [5, 5.41) is 0. The first kappa shape index (κ1) is 22.4. The van der Waals surface area contributed by atoms with Crippen LogP contribution in [0.25, 0.3) is 11.1 Å². The van der Waals surface area contributed by atoms with Gasteiger partial charge in [-0.3, -0.25) is 0 Å². The van der Waals surface area contributed by atoms with Crippen LogP contribution in [0, 0.1) is 11.6 Å². The van der Waals surface area contributed by atoms with Crippen molar-refractivity contribution in [3.05, 3.63) is 59.2 Å². The Kier molecular flexibility index (Phi) is 7.39. The maximum absolute atomic E-state index is 15.0. The summed E-state index contributed by atoms with van der Waals surface area (Å²) in [6.07, 6.45) is 7.81. The van der Waals surface area contributed by atoms with E-state index in [1.165, 1.54) is 5.56 Å². The highest BCUT2D eigenvalue weighted by molar-refractivity contribution is 5.65. The summed E-state index contributed by atoms with van der Waals surface area (Å²) in [4.78, 5) is 0. The van der Waals surface area contributed by atoms with Crippen molar-refractivity contribution in [3.8, 4) is 11.1 Å². The van der Waals surface area contributed by atoms with Crippen LogP contribution in [0.1, 0.15) is 81.8 Å². The van der Waals surface area contributed by atoms with Gasteiger partial charge in [-0.05, 0) is 55.2 Å². The molecule has 0 saturated carbocycles. The first-order chi connectivity index (χ1) is 15.1. The van der Waals surface area contributed by atoms with E-state index >= 15 is 0 Å². The molecule has 2 aliphatic heterocycles. The van der Waals surface area contributed by atoms with Crippen LogP contribution in [-0.2, 0) is 9.47 Å². The molecule has 31 heavy (non-hydrogen) atoms. The highest BCUT2D eigenvalue weighted by Gasteiger charge is 2.27. The van der Waals surface area contributed by atoms with Gasteiger partial charge in [0.2, 0.25) is 0 Å². The minimum atomic E-state index is -0.758. The van der Waals surface area contributed by atoms with E-state index in [9.17, 15) is 8.78 Å². The molecule has 0 aromatic heterocycles. The Morgan fingerprint density at radius 3 is 2.06 bits per heavy atom. The molecule has 2 heterocycles. The highest BCUT2D eigenvalue weighted by atomic mass is 19.2. The highest BCUT2D eigenvalue weighted by Crippen LogP contribution is 2.36. The molecule has 2 fully saturated rings. The van der Waals surface area contributed by atoms with Crippen LogP contribution in [0.5, 0.6) is 0 Å². The minimum absolute atomic E-state index is 0.0726. The van der Waals surface area contributed by atoms with E-state index in [4.69, 9.17) is 9.47 Å². The van der Waals surface area contributed by atoms with Crippen LogP contribution < -0.4 is 0 Å². The van der Waals surface area contributed by atoms with Crippen LogP contribution in [0.4, 0.5) is 8.78 Å². The molecule has 0 N–H and O–H groups in total. The zero-order valence-electron chi connectivity index (χ0n) is 18.7. The topological polar surface area (TPSA) is 18.5 Å². The maximum atomic E-state index is 15.0. The Labute approximate surface area is 185 Å². The maximum Gasteiger partial charge on any atom is 0.166 e. The second-order valence-electron chi connectivity index (χ2n) is 9.11. The van der Waals surface area contributed by atoms with E-state index in [1.54, 1.807) is 12.1 Å². The minimum Gasteiger partial charge on any atom is -0.378 e. The quantitative estimate of drug-likeness (QED) is 0.478. The van der Waals surface area contributed by atoms with E-state index in [2.05, 4.69) is 13.8 Å². The van der Waals surface area contributed by atoms with Gasteiger partial charge in [-0.25, -0.2) is 8.78 Å². The van der Waals surface area contributed by atoms with Crippen LogP contribution in [-0.4, -0.2) is 25.4 Å². The van der Waals surface area contributed by atoms with Gasteiger partial charge in [0.1, 0.15) is 0 Å². The van der Waals surface area contributed by atoms with Crippen molar-refractivity contribution in [2.24, 2.45) is 0 Å². The molecule has 2 saturated heterocycles. The molecule has 0 radical (unpaired) electrons. The molecule has 0 bridgehead atoms. The van der Waals surface area contributed by atoms with Crippen molar-refractivity contribution in [1.29, 1.82) is 0 Å². The lowest BCUT2D eigenvalue weighted by Crippen LogP contribution is -2.24. The van der Waals surface area contributed by atoms with Crippen molar-refractivity contribution >= 4 is 0 Å². The Balaban J connectivity index is 1.45. The summed E-state index contributed by atoms with van der Waals surface area (Å²) in [6, 6.07) is 11.3. The largest absolute Gasteiger partial charge is 0.378 e. The SMILES string of the molecule is CCCC1CCC(c2ccc(-c3ccc(C4CCC(CC)OC4)c(F)c3F)cc2)CO1. The van der Waals surface area contributed by atoms with E-state index < -0.39 is 11.6 Å². The van der Waals surface area contributed by atoms with Crippen molar-refractivity contribution < 1.29 is 18.3 Å². The van der Waals surface area contributed by atoms with Crippen molar-refractivity contribution in [2.75, 3.05) is 13.2 Å². The van der Waals surface area contributed by atoms with Crippen molar-refractivity contribution in [3.63, 3.8) is 0 Å².